The average Bonchev–Trinajstić information content (AvgIpc) is 2.98. The molecular formula is C11H13N3O2S. The molecule has 17 heavy (non-hydrogen) atoms. The summed E-state index contributed by atoms with van der Waals surface area (Å²) >= 11 is 1.57. The summed E-state index contributed by atoms with van der Waals surface area (Å²) in [4.78, 5) is 16.3. The molecule has 2 aromatic heterocycles. The summed E-state index contributed by atoms with van der Waals surface area (Å²) in [6, 6.07) is 3.88. The molecule has 90 valence electrons. The Labute approximate surface area is 103 Å². The molecule has 5 nitrogen and oxygen atoms in total. The number of nitrogens with one attached hydrogen (secondary N) is 1. The maximum absolute atomic E-state index is 11.0. The zero-order valence-corrected chi connectivity index (χ0v) is 10.3. The standard InChI is InChI=1S/C11H13N3O2S/c1-2-9(15)12-6-5-10-13-11(14-16-10)8-4-3-7-17-8/h3-4,7H,2,5-6H2,1H3,(H,12,15). The number of carbonyl (C=O) groups is 1. The summed E-state index contributed by atoms with van der Waals surface area (Å²) in [5, 5.41) is 8.61. The van der Waals surface area contributed by atoms with Crippen LogP contribution in [0.3, 0.4) is 0 Å². The first-order chi connectivity index (χ1) is 8.29. The van der Waals surface area contributed by atoms with E-state index in [0.29, 0.717) is 31.1 Å². The lowest BCUT2D eigenvalue weighted by molar-refractivity contribution is -0.120. The summed E-state index contributed by atoms with van der Waals surface area (Å²) in [6.07, 6.45) is 1.05. The number of thiophene rings is 1. The molecule has 0 saturated heterocycles. The molecule has 6 heteroatoms. The number of nitrogens with zero attached hydrogens (tertiary/aromatic N) is 2. The van der Waals surface area contributed by atoms with Gasteiger partial charge in [-0.3, -0.25) is 4.79 Å². The highest BCUT2D eigenvalue weighted by Crippen LogP contribution is 2.21. The van der Waals surface area contributed by atoms with Gasteiger partial charge in [0.25, 0.3) is 0 Å². The Bertz CT molecular complexity index is 479. The predicted molar refractivity (Wildman–Crippen MR) is 64.6 cm³/mol. The van der Waals surface area contributed by atoms with Crippen LogP contribution in [0.1, 0.15) is 19.2 Å². The highest BCUT2D eigenvalue weighted by atomic mass is 32.1. The average molecular weight is 251 g/mol. The number of hydrogen-bond donors (Lipinski definition) is 1. The van der Waals surface area contributed by atoms with Gasteiger partial charge in [-0.15, -0.1) is 11.3 Å². The summed E-state index contributed by atoms with van der Waals surface area (Å²) in [5.74, 6) is 1.18. The summed E-state index contributed by atoms with van der Waals surface area (Å²) in [6.45, 7) is 2.34. The molecule has 0 fully saturated rings. The van der Waals surface area contributed by atoms with Crippen LogP contribution in [0.5, 0.6) is 0 Å². The highest BCUT2D eigenvalue weighted by Gasteiger charge is 2.09. The van der Waals surface area contributed by atoms with Crippen molar-refractivity contribution in [2.45, 2.75) is 19.8 Å². The molecule has 0 saturated carbocycles. The second kappa shape index (κ2) is 5.58. The van der Waals surface area contributed by atoms with Gasteiger partial charge in [0.15, 0.2) is 0 Å². The van der Waals surface area contributed by atoms with E-state index < -0.39 is 0 Å². The fourth-order valence-electron chi connectivity index (χ4n) is 1.30. The Hall–Kier alpha value is -1.69. The molecule has 1 N–H and O–H groups in total. The third-order valence-electron chi connectivity index (χ3n) is 2.19. The molecule has 0 aliphatic rings. The Morgan fingerprint density at radius 3 is 3.18 bits per heavy atom. The van der Waals surface area contributed by atoms with Crippen molar-refractivity contribution in [2.24, 2.45) is 0 Å². The minimum atomic E-state index is 0.0306. The van der Waals surface area contributed by atoms with Crippen LogP contribution in [0.15, 0.2) is 22.0 Å². The minimum absolute atomic E-state index is 0.0306. The van der Waals surface area contributed by atoms with E-state index >= 15 is 0 Å². The Balaban J connectivity index is 1.89. The monoisotopic (exact) mass is 251 g/mol. The van der Waals surface area contributed by atoms with Crippen molar-refractivity contribution < 1.29 is 9.32 Å². The summed E-state index contributed by atoms with van der Waals surface area (Å²) in [5.41, 5.74) is 0. The number of carbonyl (C=O) groups excluding carboxylic acids is 1. The number of aromatic nitrogens is 2. The Morgan fingerprint density at radius 2 is 2.47 bits per heavy atom. The SMILES string of the molecule is CCC(=O)NCCc1nc(-c2cccs2)no1. The summed E-state index contributed by atoms with van der Waals surface area (Å²) < 4.78 is 5.10. The van der Waals surface area contributed by atoms with Gasteiger partial charge < -0.3 is 9.84 Å². The van der Waals surface area contributed by atoms with E-state index in [0.717, 1.165) is 4.88 Å². The van der Waals surface area contributed by atoms with Gasteiger partial charge >= 0.3 is 0 Å². The van der Waals surface area contributed by atoms with Crippen molar-refractivity contribution in [2.75, 3.05) is 6.54 Å². The molecule has 0 bridgehead atoms. The molecule has 0 atom stereocenters. The van der Waals surface area contributed by atoms with Crippen LogP contribution in [0.2, 0.25) is 0 Å². The zero-order valence-electron chi connectivity index (χ0n) is 9.47. The first kappa shape index (κ1) is 11.8. The lowest BCUT2D eigenvalue weighted by atomic mass is 10.4. The van der Waals surface area contributed by atoms with Crippen LogP contribution in [0.25, 0.3) is 10.7 Å². The van der Waals surface area contributed by atoms with Crippen molar-refractivity contribution in [3.63, 3.8) is 0 Å². The van der Waals surface area contributed by atoms with Gasteiger partial charge in [-0.25, -0.2) is 0 Å². The van der Waals surface area contributed by atoms with Gasteiger partial charge in [0.1, 0.15) is 0 Å². The minimum Gasteiger partial charge on any atom is -0.356 e. The van der Waals surface area contributed by atoms with Crippen molar-refractivity contribution in [3.8, 4) is 10.7 Å². The Kier molecular flexibility index (Phi) is 3.87. The molecule has 2 aromatic rings. The second-order valence-corrected chi connectivity index (χ2v) is 4.39. The second-order valence-electron chi connectivity index (χ2n) is 3.44. The number of rotatable bonds is 5. The van der Waals surface area contributed by atoms with Gasteiger partial charge in [0.05, 0.1) is 4.88 Å². The van der Waals surface area contributed by atoms with Crippen molar-refractivity contribution in [1.29, 1.82) is 0 Å². The fourth-order valence-corrected chi connectivity index (χ4v) is 1.95. The van der Waals surface area contributed by atoms with Crippen LogP contribution in [-0.2, 0) is 11.2 Å². The lowest BCUT2D eigenvalue weighted by Gasteiger charge is -1.98. The van der Waals surface area contributed by atoms with Gasteiger partial charge in [0.2, 0.25) is 17.6 Å². The van der Waals surface area contributed by atoms with E-state index in [1.807, 2.05) is 24.4 Å². The number of hydrogen-bond acceptors (Lipinski definition) is 5. The number of amides is 1. The molecule has 0 spiro atoms. The van der Waals surface area contributed by atoms with E-state index in [2.05, 4.69) is 15.5 Å². The smallest absolute Gasteiger partial charge is 0.228 e. The van der Waals surface area contributed by atoms with E-state index in [1.165, 1.54) is 0 Å². The van der Waals surface area contributed by atoms with Crippen LogP contribution in [0, 0.1) is 0 Å². The van der Waals surface area contributed by atoms with Crippen LogP contribution >= 0.6 is 11.3 Å². The third kappa shape index (κ3) is 3.13. The predicted octanol–water partition coefficient (Wildman–Crippen LogP) is 1.87. The van der Waals surface area contributed by atoms with E-state index in [1.54, 1.807) is 11.3 Å². The van der Waals surface area contributed by atoms with Crippen LogP contribution in [-0.4, -0.2) is 22.6 Å². The largest absolute Gasteiger partial charge is 0.356 e. The molecular weight excluding hydrogens is 238 g/mol. The van der Waals surface area contributed by atoms with Gasteiger partial charge in [-0.2, -0.15) is 4.98 Å². The van der Waals surface area contributed by atoms with E-state index in [9.17, 15) is 4.79 Å². The molecule has 2 heterocycles. The maximum Gasteiger partial charge on any atom is 0.228 e. The van der Waals surface area contributed by atoms with Gasteiger partial charge in [0, 0.05) is 19.4 Å². The maximum atomic E-state index is 11.0. The first-order valence-electron chi connectivity index (χ1n) is 5.42. The zero-order chi connectivity index (χ0) is 12.1. The molecule has 1 amide bonds. The third-order valence-corrected chi connectivity index (χ3v) is 3.06. The fraction of sp³-hybridized carbons (Fsp3) is 0.364. The highest BCUT2D eigenvalue weighted by molar-refractivity contribution is 7.13. The molecule has 0 aliphatic carbocycles. The lowest BCUT2D eigenvalue weighted by Crippen LogP contribution is -2.24. The van der Waals surface area contributed by atoms with Crippen LogP contribution in [0.4, 0.5) is 0 Å². The van der Waals surface area contributed by atoms with Crippen molar-refractivity contribution in [1.82, 2.24) is 15.5 Å². The van der Waals surface area contributed by atoms with Crippen molar-refractivity contribution >= 4 is 17.2 Å². The molecule has 0 unspecified atom stereocenters. The van der Waals surface area contributed by atoms with Gasteiger partial charge in [-0.05, 0) is 11.4 Å². The summed E-state index contributed by atoms with van der Waals surface area (Å²) in [7, 11) is 0. The van der Waals surface area contributed by atoms with Crippen LogP contribution < -0.4 is 5.32 Å². The van der Waals surface area contributed by atoms with E-state index in [4.69, 9.17) is 4.52 Å². The molecule has 0 aromatic carbocycles. The van der Waals surface area contributed by atoms with Gasteiger partial charge in [-0.1, -0.05) is 18.1 Å². The van der Waals surface area contributed by atoms with E-state index in [-0.39, 0.29) is 5.91 Å². The molecule has 0 aliphatic heterocycles. The quantitative estimate of drug-likeness (QED) is 0.880. The molecule has 2 rings (SSSR count). The normalized spacial score (nSPS) is 10.4. The molecule has 0 radical (unpaired) electrons. The Morgan fingerprint density at radius 1 is 1.59 bits per heavy atom. The topological polar surface area (TPSA) is 68.0 Å². The first-order valence-corrected chi connectivity index (χ1v) is 6.30. The van der Waals surface area contributed by atoms with Crippen molar-refractivity contribution in [3.05, 3.63) is 23.4 Å².